The van der Waals surface area contributed by atoms with Gasteiger partial charge in [0.05, 0.1) is 21.7 Å². The number of ether oxygens (including phenoxy) is 2. The van der Waals surface area contributed by atoms with Gasteiger partial charge in [-0.25, -0.2) is 14.4 Å². The molecule has 0 aliphatic heterocycles. The predicted octanol–water partition coefficient (Wildman–Crippen LogP) is 3.29. The van der Waals surface area contributed by atoms with E-state index in [4.69, 9.17) is 32.7 Å². The summed E-state index contributed by atoms with van der Waals surface area (Å²) in [4.78, 5) is 62.5. The number of carboxylic acids is 1. The van der Waals surface area contributed by atoms with E-state index in [0.717, 1.165) is 0 Å². The maximum absolute atomic E-state index is 12.9. The van der Waals surface area contributed by atoms with Crippen LogP contribution in [0.25, 0.3) is 0 Å². The molecule has 10 nitrogen and oxygen atoms in total. The molecular weight excluding hydrogens is 527 g/mol. The standard InChI is InChI=1S/C25H18Cl2N2O8/c26-16-11-12-17(18(27)13-16)21(30)28-29-22(31)19(36-24(34)14-7-3-1-4-8-14)20(23(32)33)37-25(35)15-9-5-2-6-10-15/h1-13,19-20H,(H,28,30)(H,29,31)(H,32,33)/t19-,20+/m1/s1. The fourth-order valence-corrected chi connectivity index (χ4v) is 3.43. The largest absolute Gasteiger partial charge is 0.478 e. The third-order valence-electron chi connectivity index (χ3n) is 4.74. The Morgan fingerprint density at radius 1 is 0.703 bits per heavy atom. The first-order valence-corrected chi connectivity index (χ1v) is 11.2. The molecular formula is C25H18Cl2N2O8. The predicted molar refractivity (Wildman–Crippen MR) is 131 cm³/mol. The highest BCUT2D eigenvalue weighted by molar-refractivity contribution is 6.36. The van der Waals surface area contributed by atoms with Crippen LogP contribution < -0.4 is 10.9 Å². The molecule has 0 radical (unpaired) electrons. The molecule has 0 fully saturated rings. The third-order valence-corrected chi connectivity index (χ3v) is 5.29. The Kier molecular flexibility index (Phi) is 9.20. The minimum absolute atomic E-state index is 0.00388. The number of carbonyl (C=O) groups excluding carboxylic acids is 4. The topological polar surface area (TPSA) is 148 Å². The fourth-order valence-electron chi connectivity index (χ4n) is 2.94. The number of carbonyl (C=O) groups is 5. The summed E-state index contributed by atoms with van der Waals surface area (Å²) in [5.41, 5.74) is 3.94. The number of nitrogens with one attached hydrogen (secondary N) is 2. The Morgan fingerprint density at radius 2 is 1.22 bits per heavy atom. The van der Waals surface area contributed by atoms with Gasteiger partial charge in [0.25, 0.3) is 11.8 Å². The molecule has 12 heteroatoms. The lowest BCUT2D eigenvalue weighted by atomic mass is 10.1. The van der Waals surface area contributed by atoms with Gasteiger partial charge in [-0.15, -0.1) is 0 Å². The van der Waals surface area contributed by atoms with E-state index in [1.54, 1.807) is 12.1 Å². The number of rotatable bonds is 8. The number of carboxylic acid groups (broad SMARTS) is 1. The Bertz CT molecular complexity index is 1320. The number of halogens is 2. The maximum atomic E-state index is 12.9. The van der Waals surface area contributed by atoms with Gasteiger partial charge in [-0.2, -0.15) is 0 Å². The van der Waals surface area contributed by atoms with Gasteiger partial charge >= 0.3 is 17.9 Å². The molecule has 2 atom stereocenters. The molecule has 0 aromatic heterocycles. The summed E-state index contributed by atoms with van der Waals surface area (Å²) in [6.45, 7) is 0. The molecule has 2 amide bonds. The van der Waals surface area contributed by atoms with Crippen LogP contribution in [-0.4, -0.2) is 47.0 Å². The Balaban J connectivity index is 1.83. The second-order valence-corrected chi connectivity index (χ2v) is 8.13. The molecule has 0 aliphatic carbocycles. The zero-order valence-electron chi connectivity index (χ0n) is 18.7. The van der Waals surface area contributed by atoms with Gasteiger partial charge in [0.2, 0.25) is 12.2 Å². The van der Waals surface area contributed by atoms with Crippen molar-refractivity contribution < 1.29 is 38.6 Å². The quantitative estimate of drug-likeness (QED) is 0.289. The molecule has 0 unspecified atom stereocenters. The molecule has 3 aromatic rings. The number of aliphatic carboxylic acids is 1. The highest BCUT2D eigenvalue weighted by Crippen LogP contribution is 2.20. The first-order valence-electron chi connectivity index (χ1n) is 10.5. The molecule has 3 aromatic carbocycles. The van der Waals surface area contributed by atoms with Gasteiger partial charge in [0.15, 0.2) is 0 Å². The minimum atomic E-state index is -2.27. The Hall–Kier alpha value is -4.41. The van der Waals surface area contributed by atoms with E-state index in [-0.39, 0.29) is 26.7 Å². The molecule has 37 heavy (non-hydrogen) atoms. The monoisotopic (exact) mass is 544 g/mol. The molecule has 3 N–H and O–H groups in total. The molecule has 3 rings (SSSR count). The number of esters is 2. The van der Waals surface area contributed by atoms with Crippen LogP contribution in [0.3, 0.4) is 0 Å². The van der Waals surface area contributed by atoms with E-state index >= 15 is 0 Å². The maximum Gasteiger partial charge on any atom is 0.349 e. The summed E-state index contributed by atoms with van der Waals surface area (Å²) in [6.07, 6.45) is -4.46. The van der Waals surface area contributed by atoms with Gasteiger partial charge in [0.1, 0.15) is 0 Å². The van der Waals surface area contributed by atoms with Crippen molar-refractivity contribution in [3.63, 3.8) is 0 Å². The normalized spacial score (nSPS) is 11.9. The molecule has 0 heterocycles. The SMILES string of the molecule is O=C(O[C@H](C(=O)O)[C@@H](OC(=O)c1ccccc1)C(=O)NNC(=O)c1ccc(Cl)cc1Cl)c1ccccc1. The lowest BCUT2D eigenvalue weighted by molar-refractivity contribution is -0.159. The molecule has 0 aliphatic rings. The summed E-state index contributed by atoms with van der Waals surface area (Å²) >= 11 is 11.8. The second kappa shape index (κ2) is 12.5. The van der Waals surface area contributed by atoms with E-state index < -0.39 is 41.9 Å². The number of hydrogen-bond acceptors (Lipinski definition) is 7. The van der Waals surface area contributed by atoms with Crippen LogP contribution in [0.4, 0.5) is 0 Å². The lowest BCUT2D eigenvalue weighted by Gasteiger charge is -2.23. The van der Waals surface area contributed by atoms with Crippen LogP contribution in [0.5, 0.6) is 0 Å². The van der Waals surface area contributed by atoms with E-state index in [1.165, 1.54) is 66.7 Å². The molecule has 0 saturated heterocycles. The Morgan fingerprint density at radius 3 is 1.70 bits per heavy atom. The van der Waals surface area contributed by atoms with Gasteiger partial charge in [-0.1, -0.05) is 59.6 Å². The van der Waals surface area contributed by atoms with Crippen molar-refractivity contribution in [3.8, 4) is 0 Å². The van der Waals surface area contributed by atoms with Crippen molar-refractivity contribution in [2.45, 2.75) is 12.2 Å². The van der Waals surface area contributed by atoms with Crippen molar-refractivity contribution in [1.82, 2.24) is 10.9 Å². The van der Waals surface area contributed by atoms with Crippen molar-refractivity contribution in [3.05, 3.63) is 106 Å². The third kappa shape index (κ3) is 7.29. The highest BCUT2D eigenvalue weighted by Gasteiger charge is 2.41. The lowest BCUT2D eigenvalue weighted by Crippen LogP contribution is -2.54. The summed E-state index contributed by atoms with van der Waals surface area (Å²) < 4.78 is 10.1. The molecule has 0 saturated carbocycles. The highest BCUT2D eigenvalue weighted by atomic mass is 35.5. The average Bonchev–Trinajstić information content (AvgIpc) is 2.89. The van der Waals surface area contributed by atoms with Gasteiger partial charge < -0.3 is 14.6 Å². The summed E-state index contributed by atoms with van der Waals surface area (Å²) in [5, 5.41) is 9.97. The van der Waals surface area contributed by atoms with Gasteiger partial charge in [-0.3, -0.25) is 20.4 Å². The van der Waals surface area contributed by atoms with Crippen LogP contribution in [0.1, 0.15) is 31.1 Å². The van der Waals surface area contributed by atoms with Crippen LogP contribution in [0.2, 0.25) is 10.0 Å². The first-order chi connectivity index (χ1) is 17.7. The van der Waals surface area contributed by atoms with Crippen molar-refractivity contribution >= 4 is 52.9 Å². The average molecular weight is 545 g/mol. The van der Waals surface area contributed by atoms with Crippen molar-refractivity contribution in [2.75, 3.05) is 0 Å². The molecule has 190 valence electrons. The van der Waals surface area contributed by atoms with Crippen LogP contribution in [0.15, 0.2) is 78.9 Å². The number of benzene rings is 3. The number of hydrogen-bond donors (Lipinski definition) is 3. The smallest absolute Gasteiger partial charge is 0.349 e. The van der Waals surface area contributed by atoms with E-state index in [0.29, 0.717) is 0 Å². The molecule has 0 bridgehead atoms. The van der Waals surface area contributed by atoms with Crippen LogP contribution in [0, 0.1) is 0 Å². The molecule has 0 spiro atoms. The number of amides is 2. The van der Waals surface area contributed by atoms with Crippen LogP contribution >= 0.6 is 23.2 Å². The zero-order chi connectivity index (χ0) is 26.9. The van der Waals surface area contributed by atoms with Crippen molar-refractivity contribution in [1.29, 1.82) is 0 Å². The summed E-state index contributed by atoms with van der Waals surface area (Å²) in [5.74, 6) is -6.11. The van der Waals surface area contributed by atoms with Crippen molar-refractivity contribution in [2.24, 2.45) is 0 Å². The first kappa shape index (κ1) is 27.2. The Labute approximate surface area is 220 Å². The minimum Gasteiger partial charge on any atom is -0.478 e. The van der Waals surface area contributed by atoms with E-state index in [1.807, 2.05) is 10.9 Å². The summed E-state index contributed by atoms with van der Waals surface area (Å²) in [7, 11) is 0. The van der Waals surface area contributed by atoms with E-state index in [2.05, 4.69) is 0 Å². The van der Waals surface area contributed by atoms with E-state index in [9.17, 15) is 29.1 Å². The number of hydrazine groups is 1. The fraction of sp³-hybridized carbons (Fsp3) is 0.0800. The summed E-state index contributed by atoms with van der Waals surface area (Å²) in [6, 6.07) is 18.8. The second-order valence-electron chi connectivity index (χ2n) is 7.29. The van der Waals surface area contributed by atoms with Gasteiger partial charge in [0, 0.05) is 5.02 Å². The zero-order valence-corrected chi connectivity index (χ0v) is 20.2. The van der Waals surface area contributed by atoms with Crippen LogP contribution in [-0.2, 0) is 19.1 Å². The van der Waals surface area contributed by atoms with Gasteiger partial charge in [-0.05, 0) is 42.5 Å².